The van der Waals surface area contributed by atoms with Crippen molar-refractivity contribution in [2.45, 2.75) is 70.9 Å². The van der Waals surface area contributed by atoms with E-state index in [9.17, 15) is 14.7 Å². The van der Waals surface area contributed by atoms with Gasteiger partial charge in [-0.2, -0.15) is 0 Å². The number of amides is 2. The van der Waals surface area contributed by atoms with E-state index in [2.05, 4.69) is 10.3 Å². The van der Waals surface area contributed by atoms with Gasteiger partial charge in [-0.25, -0.2) is 14.5 Å². The fourth-order valence-electron chi connectivity index (χ4n) is 3.70. The molecule has 2 aromatic carbocycles. The first-order chi connectivity index (χ1) is 17.6. The predicted molar refractivity (Wildman–Crippen MR) is 144 cm³/mol. The number of hydrogen-bond donors (Lipinski definition) is 2. The molecule has 2 unspecified atom stereocenters. The Hall–Kier alpha value is -3.43. The summed E-state index contributed by atoms with van der Waals surface area (Å²) in [6.45, 7) is 7.55. The SMILES string of the molecule is CCCCC(OC(=O)NC(C)(C)C)N(C(=O)OC(O)(Cc1ccccc1)c1cncs1)c1ccccc1. The van der Waals surface area contributed by atoms with Crippen molar-refractivity contribution in [2.24, 2.45) is 0 Å². The van der Waals surface area contributed by atoms with Crippen molar-refractivity contribution in [2.75, 3.05) is 4.90 Å². The normalized spacial score (nSPS) is 13.8. The first-order valence-electron chi connectivity index (χ1n) is 12.3. The number of nitrogens with one attached hydrogen (secondary N) is 1. The highest BCUT2D eigenvalue weighted by Gasteiger charge is 2.40. The average Bonchev–Trinajstić information content (AvgIpc) is 3.39. The number of ether oxygens (including phenoxy) is 2. The maximum absolute atomic E-state index is 13.8. The first kappa shape index (κ1) is 28.1. The number of aliphatic hydroxyl groups is 1. The second-order valence-electron chi connectivity index (χ2n) is 9.76. The summed E-state index contributed by atoms with van der Waals surface area (Å²) in [5, 5.41) is 14.4. The van der Waals surface area contributed by atoms with Gasteiger partial charge in [-0.1, -0.05) is 61.9 Å². The molecule has 1 aromatic heterocycles. The number of unbranched alkanes of at least 4 members (excludes halogenated alkanes) is 1. The third-order valence-corrected chi connectivity index (χ3v) is 6.31. The summed E-state index contributed by atoms with van der Waals surface area (Å²) in [5.74, 6) is -1.98. The third kappa shape index (κ3) is 8.30. The van der Waals surface area contributed by atoms with Gasteiger partial charge in [0.2, 0.25) is 0 Å². The van der Waals surface area contributed by atoms with E-state index >= 15 is 0 Å². The fraction of sp³-hybridized carbons (Fsp3) is 0.393. The van der Waals surface area contributed by atoms with Gasteiger partial charge < -0.3 is 19.9 Å². The van der Waals surface area contributed by atoms with Gasteiger partial charge in [0.1, 0.15) is 0 Å². The summed E-state index contributed by atoms with van der Waals surface area (Å²) in [6, 6.07) is 18.1. The highest BCUT2D eigenvalue weighted by Crippen LogP contribution is 2.33. The summed E-state index contributed by atoms with van der Waals surface area (Å²) in [6.07, 6.45) is 0.970. The molecule has 0 saturated carbocycles. The number of nitrogens with zero attached hydrogens (tertiary/aromatic N) is 2. The van der Waals surface area contributed by atoms with Gasteiger partial charge in [-0.3, -0.25) is 4.98 Å². The van der Waals surface area contributed by atoms with Gasteiger partial charge in [0, 0.05) is 24.6 Å². The molecule has 0 saturated heterocycles. The van der Waals surface area contributed by atoms with Crippen molar-refractivity contribution < 1.29 is 24.2 Å². The summed E-state index contributed by atoms with van der Waals surface area (Å²) < 4.78 is 11.6. The van der Waals surface area contributed by atoms with E-state index in [1.165, 1.54) is 22.4 Å². The molecule has 3 aromatic rings. The number of benzene rings is 2. The van der Waals surface area contributed by atoms with E-state index in [1.54, 1.807) is 29.8 Å². The highest BCUT2D eigenvalue weighted by molar-refractivity contribution is 7.09. The minimum absolute atomic E-state index is 0.0232. The van der Waals surface area contributed by atoms with Gasteiger partial charge in [0.15, 0.2) is 6.23 Å². The molecule has 2 N–H and O–H groups in total. The van der Waals surface area contributed by atoms with E-state index in [1.807, 2.05) is 64.1 Å². The number of thiazole rings is 1. The van der Waals surface area contributed by atoms with Crippen LogP contribution in [0.15, 0.2) is 72.4 Å². The molecule has 2 atom stereocenters. The molecule has 1 heterocycles. The second kappa shape index (κ2) is 12.7. The molecule has 2 amide bonds. The maximum atomic E-state index is 13.8. The lowest BCUT2D eigenvalue weighted by Crippen LogP contribution is -2.50. The molecule has 0 bridgehead atoms. The van der Waals surface area contributed by atoms with Crippen LogP contribution in [0.2, 0.25) is 0 Å². The Labute approximate surface area is 222 Å². The summed E-state index contributed by atoms with van der Waals surface area (Å²) in [7, 11) is 0. The Morgan fingerprint density at radius 1 is 1.08 bits per heavy atom. The highest BCUT2D eigenvalue weighted by atomic mass is 32.1. The topological polar surface area (TPSA) is 101 Å². The third-order valence-electron chi connectivity index (χ3n) is 5.40. The largest absolute Gasteiger partial charge is 0.425 e. The van der Waals surface area contributed by atoms with E-state index < -0.39 is 29.7 Å². The zero-order valence-corrected chi connectivity index (χ0v) is 22.5. The molecule has 0 radical (unpaired) electrons. The van der Waals surface area contributed by atoms with Gasteiger partial charge in [-0.05, 0) is 44.9 Å². The van der Waals surface area contributed by atoms with Crippen LogP contribution >= 0.6 is 11.3 Å². The number of alkyl carbamates (subject to hydrolysis) is 1. The number of hydrogen-bond acceptors (Lipinski definition) is 7. The molecular weight excluding hydrogens is 490 g/mol. The Bertz CT molecular complexity index is 1120. The summed E-state index contributed by atoms with van der Waals surface area (Å²) in [4.78, 5) is 32.3. The Morgan fingerprint density at radius 2 is 1.73 bits per heavy atom. The molecule has 37 heavy (non-hydrogen) atoms. The van der Waals surface area contributed by atoms with Crippen LogP contribution in [0.4, 0.5) is 15.3 Å². The van der Waals surface area contributed by atoms with Crippen molar-refractivity contribution in [1.29, 1.82) is 0 Å². The predicted octanol–water partition coefficient (Wildman–Crippen LogP) is 6.22. The van der Waals surface area contributed by atoms with Gasteiger partial charge in [-0.15, -0.1) is 11.3 Å². The van der Waals surface area contributed by atoms with E-state index in [0.717, 1.165) is 12.0 Å². The van der Waals surface area contributed by atoms with Crippen molar-refractivity contribution in [3.63, 3.8) is 0 Å². The van der Waals surface area contributed by atoms with Crippen LogP contribution in [0.3, 0.4) is 0 Å². The lowest BCUT2D eigenvalue weighted by molar-refractivity contribution is -0.166. The number of para-hydroxylation sites is 1. The molecule has 0 spiro atoms. The monoisotopic (exact) mass is 525 g/mol. The van der Waals surface area contributed by atoms with Crippen LogP contribution in [0.25, 0.3) is 0 Å². The first-order valence-corrected chi connectivity index (χ1v) is 13.2. The molecule has 3 rings (SSSR count). The Kier molecular flexibility index (Phi) is 9.66. The summed E-state index contributed by atoms with van der Waals surface area (Å²) in [5.41, 5.74) is 2.30. The quantitative estimate of drug-likeness (QED) is 0.305. The van der Waals surface area contributed by atoms with Crippen LogP contribution in [0.1, 0.15) is 57.4 Å². The van der Waals surface area contributed by atoms with Crippen LogP contribution < -0.4 is 10.2 Å². The van der Waals surface area contributed by atoms with Crippen molar-refractivity contribution >= 4 is 29.2 Å². The molecular formula is C28H35N3O5S. The summed E-state index contributed by atoms with van der Waals surface area (Å²) >= 11 is 1.19. The van der Waals surface area contributed by atoms with Crippen LogP contribution in [-0.4, -0.2) is 34.0 Å². The number of rotatable bonds is 10. The van der Waals surface area contributed by atoms with Gasteiger partial charge >= 0.3 is 12.2 Å². The molecule has 8 nitrogen and oxygen atoms in total. The zero-order chi connectivity index (χ0) is 26.9. The number of carbonyl (C=O) groups is 2. The minimum Gasteiger partial charge on any atom is -0.425 e. The van der Waals surface area contributed by atoms with E-state index in [-0.39, 0.29) is 6.42 Å². The lowest BCUT2D eigenvalue weighted by Gasteiger charge is -2.35. The molecule has 9 heteroatoms. The second-order valence-corrected chi connectivity index (χ2v) is 10.6. The zero-order valence-electron chi connectivity index (χ0n) is 21.7. The number of anilines is 1. The van der Waals surface area contributed by atoms with E-state index in [4.69, 9.17) is 9.47 Å². The van der Waals surface area contributed by atoms with Crippen molar-refractivity contribution in [3.8, 4) is 0 Å². The molecule has 0 aliphatic heterocycles. The molecule has 0 aliphatic rings. The van der Waals surface area contributed by atoms with Crippen LogP contribution in [0.5, 0.6) is 0 Å². The molecule has 0 aliphatic carbocycles. The molecule has 0 fully saturated rings. The van der Waals surface area contributed by atoms with E-state index in [0.29, 0.717) is 23.4 Å². The minimum atomic E-state index is -1.98. The van der Waals surface area contributed by atoms with Crippen molar-refractivity contribution in [1.82, 2.24) is 10.3 Å². The standard InChI is InChI=1S/C28H35N3O5S/c1-5-6-17-24(35-25(32)30-27(2,3)4)31(22-15-11-8-12-16-22)26(33)36-28(34,23-19-29-20-37-23)18-21-13-9-7-10-14-21/h7-16,19-20,24,34H,5-6,17-18H2,1-4H3,(H,30,32). The Balaban J connectivity index is 1.96. The van der Waals surface area contributed by atoms with Crippen LogP contribution in [-0.2, 0) is 21.7 Å². The van der Waals surface area contributed by atoms with Crippen molar-refractivity contribution in [3.05, 3.63) is 82.8 Å². The fourth-order valence-corrected chi connectivity index (χ4v) is 4.36. The van der Waals surface area contributed by atoms with Gasteiger partial charge in [0.25, 0.3) is 5.79 Å². The maximum Gasteiger partial charge on any atom is 0.420 e. The van der Waals surface area contributed by atoms with Gasteiger partial charge in [0.05, 0.1) is 16.1 Å². The average molecular weight is 526 g/mol. The lowest BCUT2D eigenvalue weighted by atomic mass is 10.0. The number of carbonyl (C=O) groups excluding carboxylic acids is 2. The molecule has 198 valence electrons. The number of aromatic nitrogens is 1. The van der Waals surface area contributed by atoms with Crippen LogP contribution in [0, 0.1) is 0 Å². The Morgan fingerprint density at radius 3 is 2.30 bits per heavy atom. The smallest absolute Gasteiger partial charge is 0.420 e.